The van der Waals surface area contributed by atoms with Crippen molar-refractivity contribution in [3.63, 3.8) is 0 Å². The predicted octanol–water partition coefficient (Wildman–Crippen LogP) is 1.58. The molecule has 3 nitrogen and oxygen atoms in total. The van der Waals surface area contributed by atoms with Crippen LogP contribution in [0.25, 0.3) is 0 Å². The normalized spacial score (nSPS) is 9.86. The maximum Gasteiger partial charge on any atom is 0.255 e. The van der Waals surface area contributed by atoms with Gasteiger partial charge in [-0.2, -0.15) is 0 Å². The predicted molar refractivity (Wildman–Crippen MR) is 57.6 cm³/mol. The largest absolute Gasteiger partial charge is 0.484 e. The molecule has 0 heterocycles. The first-order chi connectivity index (χ1) is 6.63. The minimum Gasteiger partial charge on any atom is -0.484 e. The van der Waals surface area contributed by atoms with Crippen LogP contribution < -0.4 is 10.5 Å². The van der Waals surface area contributed by atoms with Crippen molar-refractivity contribution < 1.29 is 9.53 Å². The molecule has 0 unspecified atom stereocenters. The van der Waals surface area contributed by atoms with Crippen LogP contribution in [-0.2, 0) is 4.79 Å². The second-order valence-electron chi connectivity index (χ2n) is 2.89. The number of benzene rings is 1. The first-order valence-corrected chi connectivity index (χ1v) is 5.41. The van der Waals surface area contributed by atoms with Gasteiger partial charge in [0.1, 0.15) is 5.75 Å². The molecule has 0 fully saturated rings. The molecule has 0 bridgehead atoms. The summed E-state index contributed by atoms with van der Waals surface area (Å²) in [6, 6.07) is 5.70. The molecule has 0 aromatic heterocycles. The fourth-order valence-corrected chi connectivity index (χ4v) is 1.68. The highest BCUT2D eigenvalue weighted by Crippen LogP contribution is 2.23. The third-order valence-corrected chi connectivity index (χ3v) is 2.65. The average Bonchev–Trinajstić information content (AvgIpc) is 2.15. The topological polar surface area (TPSA) is 52.3 Å². The highest BCUT2D eigenvalue weighted by atomic mass is 32.2. The molecule has 14 heavy (non-hydrogen) atoms. The number of primary amides is 1. The van der Waals surface area contributed by atoms with Crippen molar-refractivity contribution in [3.05, 3.63) is 23.8 Å². The monoisotopic (exact) mass is 211 g/mol. The van der Waals surface area contributed by atoms with Gasteiger partial charge in [0.15, 0.2) is 6.61 Å². The molecule has 0 aliphatic heterocycles. The van der Waals surface area contributed by atoms with Crippen molar-refractivity contribution >= 4 is 17.7 Å². The molecule has 0 atom stereocenters. The van der Waals surface area contributed by atoms with Crippen LogP contribution >= 0.6 is 11.8 Å². The molecule has 1 aromatic carbocycles. The lowest BCUT2D eigenvalue weighted by molar-refractivity contribution is -0.119. The van der Waals surface area contributed by atoms with Gasteiger partial charge in [0.2, 0.25) is 0 Å². The van der Waals surface area contributed by atoms with Crippen molar-refractivity contribution in [2.45, 2.75) is 11.8 Å². The van der Waals surface area contributed by atoms with E-state index in [9.17, 15) is 4.79 Å². The molecule has 1 rings (SSSR count). The van der Waals surface area contributed by atoms with E-state index in [1.54, 1.807) is 11.8 Å². The van der Waals surface area contributed by atoms with Crippen molar-refractivity contribution in [1.82, 2.24) is 0 Å². The van der Waals surface area contributed by atoms with E-state index >= 15 is 0 Å². The van der Waals surface area contributed by atoms with Gasteiger partial charge in [0.25, 0.3) is 5.91 Å². The minimum absolute atomic E-state index is 0.0714. The van der Waals surface area contributed by atoms with E-state index in [-0.39, 0.29) is 6.61 Å². The number of hydrogen-bond acceptors (Lipinski definition) is 3. The molecule has 1 amide bonds. The number of amides is 1. The van der Waals surface area contributed by atoms with Crippen molar-refractivity contribution in [2.24, 2.45) is 5.73 Å². The standard InChI is InChI=1S/C10H13NO2S/c1-7-5-8(13-6-10(11)12)3-4-9(7)14-2/h3-5H,6H2,1-2H3,(H2,11,12). The van der Waals surface area contributed by atoms with Gasteiger partial charge >= 0.3 is 0 Å². The second-order valence-corrected chi connectivity index (χ2v) is 3.73. The Morgan fingerprint density at radius 3 is 2.79 bits per heavy atom. The Hall–Kier alpha value is -1.16. The summed E-state index contributed by atoms with van der Waals surface area (Å²) in [7, 11) is 0. The Morgan fingerprint density at radius 2 is 2.29 bits per heavy atom. The first kappa shape index (κ1) is 10.9. The van der Waals surface area contributed by atoms with Crippen LogP contribution in [-0.4, -0.2) is 18.8 Å². The summed E-state index contributed by atoms with van der Waals surface area (Å²) in [5.74, 6) is 0.218. The van der Waals surface area contributed by atoms with Gasteiger partial charge in [0, 0.05) is 4.90 Å². The number of hydrogen-bond donors (Lipinski definition) is 1. The van der Waals surface area contributed by atoms with E-state index in [0.29, 0.717) is 5.75 Å². The zero-order valence-electron chi connectivity index (χ0n) is 8.24. The van der Waals surface area contributed by atoms with Gasteiger partial charge in [0.05, 0.1) is 0 Å². The quantitative estimate of drug-likeness (QED) is 0.769. The fourth-order valence-electron chi connectivity index (χ4n) is 1.10. The number of rotatable bonds is 4. The van der Waals surface area contributed by atoms with E-state index in [1.165, 1.54) is 4.90 Å². The van der Waals surface area contributed by atoms with E-state index in [2.05, 4.69) is 0 Å². The van der Waals surface area contributed by atoms with Crippen LogP contribution in [0.15, 0.2) is 23.1 Å². The van der Waals surface area contributed by atoms with Crippen LogP contribution in [0.4, 0.5) is 0 Å². The van der Waals surface area contributed by atoms with E-state index in [4.69, 9.17) is 10.5 Å². The van der Waals surface area contributed by atoms with Gasteiger partial charge in [-0.3, -0.25) is 4.79 Å². The number of ether oxygens (including phenoxy) is 1. The maximum atomic E-state index is 10.5. The molecule has 76 valence electrons. The summed E-state index contributed by atoms with van der Waals surface area (Å²) in [6.07, 6.45) is 2.02. The number of aryl methyl sites for hydroxylation is 1. The number of nitrogens with two attached hydrogens (primary N) is 1. The summed E-state index contributed by atoms with van der Waals surface area (Å²) in [6.45, 7) is 1.93. The van der Waals surface area contributed by atoms with Gasteiger partial charge in [-0.25, -0.2) is 0 Å². The Balaban J connectivity index is 2.71. The summed E-state index contributed by atoms with van der Waals surface area (Å²) in [5, 5.41) is 0. The summed E-state index contributed by atoms with van der Waals surface area (Å²) in [4.78, 5) is 11.7. The van der Waals surface area contributed by atoms with Crippen LogP contribution in [0.1, 0.15) is 5.56 Å². The number of thioether (sulfide) groups is 1. The molecule has 0 spiro atoms. The summed E-state index contributed by atoms with van der Waals surface area (Å²) >= 11 is 1.68. The van der Waals surface area contributed by atoms with Crippen LogP contribution in [0.5, 0.6) is 5.75 Å². The average molecular weight is 211 g/mol. The first-order valence-electron chi connectivity index (χ1n) is 4.19. The maximum absolute atomic E-state index is 10.5. The zero-order chi connectivity index (χ0) is 10.6. The van der Waals surface area contributed by atoms with E-state index in [1.807, 2.05) is 31.4 Å². The van der Waals surface area contributed by atoms with Crippen molar-refractivity contribution in [3.8, 4) is 5.75 Å². The third-order valence-electron chi connectivity index (χ3n) is 1.75. The van der Waals surface area contributed by atoms with Gasteiger partial charge in [-0.05, 0) is 36.9 Å². The fraction of sp³-hybridized carbons (Fsp3) is 0.300. The molecule has 0 aliphatic carbocycles. The number of carbonyl (C=O) groups is 1. The molecule has 1 aromatic rings. The molecular weight excluding hydrogens is 198 g/mol. The smallest absolute Gasteiger partial charge is 0.255 e. The lowest BCUT2D eigenvalue weighted by atomic mass is 10.2. The lowest BCUT2D eigenvalue weighted by Gasteiger charge is -2.07. The third kappa shape index (κ3) is 2.96. The molecule has 0 saturated carbocycles. The SMILES string of the molecule is CSc1ccc(OCC(N)=O)cc1C. The molecule has 0 saturated heterocycles. The van der Waals surface area contributed by atoms with Gasteiger partial charge in [-0.1, -0.05) is 0 Å². The molecular formula is C10H13NO2S. The van der Waals surface area contributed by atoms with Crippen LogP contribution in [0, 0.1) is 6.92 Å². The highest BCUT2D eigenvalue weighted by molar-refractivity contribution is 7.98. The second kappa shape index (κ2) is 4.91. The minimum atomic E-state index is -0.461. The Labute approximate surface area is 87.6 Å². The Morgan fingerprint density at radius 1 is 1.57 bits per heavy atom. The van der Waals surface area contributed by atoms with E-state index < -0.39 is 5.91 Å². The number of carbonyl (C=O) groups excluding carboxylic acids is 1. The Kier molecular flexibility index (Phi) is 3.83. The van der Waals surface area contributed by atoms with E-state index in [0.717, 1.165) is 5.56 Å². The van der Waals surface area contributed by atoms with Crippen LogP contribution in [0.2, 0.25) is 0 Å². The van der Waals surface area contributed by atoms with Crippen molar-refractivity contribution in [1.29, 1.82) is 0 Å². The van der Waals surface area contributed by atoms with Gasteiger partial charge in [-0.15, -0.1) is 11.8 Å². The van der Waals surface area contributed by atoms with Crippen LogP contribution in [0.3, 0.4) is 0 Å². The Bertz CT molecular complexity index is 339. The van der Waals surface area contributed by atoms with Crippen molar-refractivity contribution in [2.75, 3.05) is 12.9 Å². The molecule has 0 aliphatic rings. The lowest BCUT2D eigenvalue weighted by Crippen LogP contribution is -2.20. The molecule has 2 N–H and O–H groups in total. The highest BCUT2D eigenvalue weighted by Gasteiger charge is 2.01. The molecule has 0 radical (unpaired) electrons. The zero-order valence-corrected chi connectivity index (χ0v) is 9.06. The summed E-state index contributed by atoms with van der Waals surface area (Å²) in [5.41, 5.74) is 6.10. The summed E-state index contributed by atoms with van der Waals surface area (Å²) < 4.78 is 5.16. The van der Waals surface area contributed by atoms with Gasteiger partial charge < -0.3 is 10.5 Å². The molecule has 4 heteroatoms.